The van der Waals surface area contributed by atoms with E-state index in [9.17, 15) is 18.4 Å². The third kappa shape index (κ3) is 4.25. The van der Waals surface area contributed by atoms with Crippen LogP contribution in [0.15, 0.2) is 39.7 Å². The maximum atomic E-state index is 13.8. The predicted octanol–water partition coefficient (Wildman–Crippen LogP) is 3.07. The molecule has 30 heavy (non-hydrogen) atoms. The molecule has 0 atom stereocenters. The molecule has 0 saturated carbocycles. The molecule has 0 saturated heterocycles. The van der Waals surface area contributed by atoms with Crippen molar-refractivity contribution in [3.8, 4) is 11.3 Å². The SMILES string of the molecule is Cc1cc(=O)n2nc(COC(=O)CCc3ncc(-c4ccc(F)cc4F)o3)sc2n1. The van der Waals surface area contributed by atoms with Crippen molar-refractivity contribution < 1.29 is 22.7 Å². The Labute approximate surface area is 171 Å². The first-order valence-corrected chi connectivity index (χ1v) is 9.63. The van der Waals surface area contributed by atoms with Crippen molar-refractivity contribution in [1.29, 1.82) is 0 Å². The van der Waals surface area contributed by atoms with Gasteiger partial charge in [-0.25, -0.2) is 18.7 Å². The molecule has 1 aromatic carbocycles. The Morgan fingerprint density at radius 3 is 2.93 bits per heavy atom. The van der Waals surface area contributed by atoms with Crippen LogP contribution < -0.4 is 5.56 Å². The minimum Gasteiger partial charge on any atom is -0.458 e. The van der Waals surface area contributed by atoms with Crippen LogP contribution in [0.5, 0.6) is 0 Å². The average molecular weight is 432 g/mol. The Morgan fingerprint density at radius 2 is 2.13 bits per heavy atom. The second-order valence-corrected chi connectivity index (χ2v) is 7.37. The van der Waals surface area contributed by atoms with Gasteiger partial charge in [-0.05, 0) is 19.1 Å². The third-order valence-corrected chi connectivity index (χ3v) is 4.95. The maximum Gasteiger partial charge on any atom is 0.306 e. The summed E-state index contributed by atoms with van der Waals surface area (Å²) in [5.74, 6) is -1.62. The summed E-state index contributed by atoms with van der Waals surface area (Å²) in [6.07, 6.45) is 1.43. The number of ether oxygens (including phenoxy) is 1. The van der Waals surface area contributed by atoms with Crippen molar-refractivity contribution in [1.82, 2.24) is 19.6 Å². The van der Waals surface area contributed by atoms with E-state index >= 15 is 0 Å². The van der Waals surface area contributed by atoms with Gasteiger partial charge in [0.15, 0.2) is 16.7 Å². The normalized spacial score (nSPS) is 11.2. The van der Waals surface area contributed by atoms with Crippen LogP contribution in [0.2, 0.25) is 0 Å². The van der Waals surface area contributed by atoms with Crippen LogP contribution in [0.25, 0.3) is 16.3 Å². The minimum atomic E-state index is -0.767. The zero-order chi connectivity index (χ0) is 21.3. The van der Waals surface area contributed by atoms with Gasteiger partial charge in [0.1, 0.15) is 18.2 Å². The van der Waals surface area contributed by atoms with Crippen molar-refractivity contribution in [3.05, 3.63) is 69.0 Å². The van der Waals surface area contributed by atoms with Gasteiger partial charge < -0.3 is 9.15 Å². The molecule has 0 fully saturated rings. The fourth-order valence-electron chi connectivity index (χ4n) is 2.68. The van der Waals surface area contributed by atoms with E-state index < -0.39 is 17.6 Å². The summed E-state index contributed by atoms with van der Waals surface area (Å²) in [6, 6.07) is 4.49. The van der Waals surface area contributed by atoms with Gasteiger partial charge in [-0.2, -0.15) is 9.61 Å². The molecule has 3 heterocycles. The number of aromatic nitrogens is 4. The van der Waals surface area contributed by atoms with E-state index in [4.69, 9.17) is 9.15 Å². The first-order chi connectivity index (χ1) is 14.4. The van der Waals surface area contributed by atoms with E-state index in [1.54, 1.807) is 6.92 Å². The lowest BCUT2D eigenvalue weighted by molar-refractivity contribution is -0.145. The lowest BCUT2D eigenvalue weighted by atomic mass is 10.2. The summed E-state index contributed by atoms with van der Waals surface area (Å²) >= 11 is 1.16. The largest absolute Gasteiger partial charge is 0.458 e. The topological polar surface area (TPSA) is 99.6 Å². The summed E-state index contributed by atoms with van der Waals surface area (Å²) in [5.41, 5.74) is 0.356. The van der Waals surface area contributed by atoms with Crippen LogP contribution in [0.1, 0.15) is 23.0 Å². The van der Waals surface area contributed by atoms with Gasteiger partial charge in [0.2, 0.25) is 4.96 Å². The summed E-state index contributed by atoms with van der Waals surface area (Å²) in [6.45, 7) is 1.61. The van der Waals surface area contributed by atoms with Crippen LogP contribution in [0.4, 0.5) is 8.78 Å². The second kappa shape index (κ2) is 8.11. The molecule has 154 valence electrons. The quantitative estimate of drug-likeness (QED) is 0.432. The van der Waals surface area contributed by atoms with Crippen molar-refractivity contribution in [2.45, 2.75) is 26.4 Å². The van der Waals surface area contributed by atoms with Gasteiger partial charge in [0.25, 0.3) is 5.56 Å². The Bertz CT molecular complexity index is 1300. The van der Waals surface area contributed by atoms with Gasteiger partial charge in [-0.15, -0.1) is 0 Å². The fraction of sp³-hybridized carbons (Fsp3) is 0.211. The van der Waals surface area contributed by atoms with E-state index in [-0.39, 0.29) is 42.2 Å². The lowest BCUT2D eigenvalue weighted by Crippen LogP contribution is -2.14. The highest BCUT2D eigenvalue weighted by molar-refractivity contribution is 7.16. The molecule has 4 rings (SSSR count). The second-order valence-electron chi connectivity index (χ2n) is 6.33. The maximum absolute atomic E-state index is 13.8. The molecular weight excluding hydrogens is 418 g/mol. The van der Waals surface area contributed by atoms with Gasteiger partial charge in [0.05, 0.1) is 18.2 Å². The molecular formula is C19H14F2N4O4S. The Morgan fingerprint density at radius 1 is 1.30 bits per heavy atom. The Hall–Kier alpha value is -3.47. The van der Waals surface area contributed by atoms with Crippen molar-refractivity contribution in [2.75, 3.05) is 0 Å². The highest BCUT2D eigenvalue weighted by Gasteiger charge is 2.14. The van der Waals surface area contributed by atoms with E-state index in [1.807, 2.05) is 0 Å². The minimum absolute atomic E-state index is 0.0198. The third-order valence-electron chi connectivity index (χ3n) is 4.06. The molecule has 0 spiro atoms. The van der Waals surface area contributed by atoms with Crippen molar-refractivity contribution in [3.63, 3.8) is 0 Å². The highest BCUT2D eigenvalue weighted by Crippen LogP contribution is 2.24. The number of nitrogens with zero attached hydrogens (tertiary/aromatic N) is 4. The number of esters is 1. The summed E-state index contributed by atoms with van der Waals surface area (Å²) in [7, 11) is 0. The molecule has 0 aliphatic carbocycles. The number of halogens is 2. The number of carbonyl (C=O) groups excluding carboxylic acids is 1. The first kappa shape index (κ1) is 19.8. The number of benzene rings is 1. The molecule has 0 radical (unpaired) electrons. The molecule has 0 bridgehead atoms. The highest BCUT2D eigenvalue weighted by atomic mass is 32.1. The van der Waals surface area contributed by atoms with Gasteiger partial charge in [-0.3, -0.25) is 9.59 Å². The molecule has 11 heteroatoms. The summed E-state index contributed by atoms with van der Waals surface area (Å²) in [4.78, 5) is 32.5. The van der Waals surface area contributed by atoms with Crippen LogP contribution in [-0.2, 0) is 22.6 Å². The van der Waals surface area contributed by atoms with Gasteiger partial charge in [0, 0.05) is 24.2 Å². The average Bonchev–Trinajstić information content (AvgIpc) is 3.31. The molecule has 0 aliphatic heterocycles. The monoisotopic (exact) mass is 432 g/mol. The molecule has 0 amide bonds. The molecule has 0 N–H and O–H groups in total. The van der Waals surface area contributed by atoms with E-state index in [0.29, 0.717) is 15.7 Å². The standard InChI is InChI=1S/C19H14F2N4O4S/c1-10-6-17(26)25-19(23-10)30-16(24-25)9-28-18(27)5-4-15-22-8-14(29-15)12-3-2-11(20)7-13(12)21/h2-3,6-8H,4-5,9H2,1H3. The van der Waals surface area contributed by atoms with Crippen LogP contribution >= 0.6 is 11.3 Å². The van der Waals surface area contributed by atoms with E-state index in [2.05, 4.69) is 15.1 Å². The molecule has 4 aromatic rings. The first-order valence-electron chi connectivity index (χ1n) is 8.81. The summed E-state index contributed by atoms with van der Waals surface area (Å²) < 4.78 is 38.6. The van der Waals surface area contributed by atoms with Crippen LogP contribution in [0, 0.1) is 18.6 Å². The van der Waals surface area contributed by atoms with Crippen LogP contribution in [0.3, 0.4) is 0 Å². The van der Waals surface area contributed by atoms with E-state index in [1.165, 1.54) is 18.3 Å². The lowest BCUT2D eigenvalue weighted by Gasteiger charge is -2.01. The molecule has 8 nitrogen and oxygen atoms in total. The Kier molecular flexibility index (Phi) is 5.36. The predicted molar refractivity (Wildman–Crippen MR) is 102 cm³/mol. The number of rotatable bonds is 6. The van der Waals surface area contributed by atoms with Crippen LogP contribution in [-0.4, -0.2) is 25.6 Å². The Balaban J connectivity index is 1.34. The summed E-state index contributed by atoms with van der Waals surface area (Å²) in [5, 5.41) is 4.52. The zero-order valence-electron chi connectivity index (χ0n) is 15.6. The number of hydrogen-bond donors (Lipinski definition) is 0. The van der Waals surface area contributed by atoms with Gasteiger partial charge >= 0.3 is 5.97 Å². The van der Waals surface area contributed by atoms with E-state index in [0.717, 1.165) is 28.0 Å². The number of fused-ring (bicyclic) bond motifs is 1. The number of carbonyl (C=O) groups is 1. The fourth-order valence-corrected chi connectivity index (χ4v) is 3.54. The van der Waals surface area contributed by atoms with Gasteiger partial charge in [-0.1, -0.05) is 11.3 Å². The molecule has 0 aliphatic rings. The molecule has 0 unspecified atom stereocenters. The van der Waals surface area contributed by atoms with Crippen molar-refractivity contribution in [2.24, 2.45) is 0 Å². The number of hydrogen-bond acceptors (Lipinski definition) is 8. The number of oxazole rings is 1. The number of aryl methyl sites for hydroxylation is 2. The molecule has 3 aromatic heterocycles. The zero-order valence-corrected chi connectivity index (χ0v) is 16.4. The van der Waals surface area contributed by atoms with Crippen molar-refractivity contribution >= 4 is 22.3 Å². The smallest absolute Gasteiger partial charge is 0.306 e.